The average molecular weight is 381 g/mol. The number of rotatable bonds is 4. The standard InChI is InChI=1S/C22H23NO5/c1-26-20-12-15-16(13-21(20)27-2)22(25)28-19(15)11-14-6-7-17(18(24)10-14)23-8-4-3-5-9-23/h6-7,10-13,24H,3-5,8-9H2,1-2H3/b19-11-. The highest BCUT2D eigenvalue weighted by molar-refractivity contribution is 6.06. The molecule has 28 heavy (non-hydrogen) atoms. The first-order valence-electron chi connectivity index (χ1n) is 9.39. The van der Waals surface area contributed by atoms with Crippen molar-refractivity contribution in [3.63, 3.8) is 0 Å². The lowest BCUT2D eigenvalue weighted by Gasteiger charge is -2.29. The number of esters is 1. The molecule has 0 unspecified atom stereocenters. The molecule has 0 aromatic heterocycles. The van der Waals surface area contributed by atoms with E-state index in [1.807, 2.05) is 12.1 Å². The molecule has 2 heterocycles. The Kier molecular flexibility index (Phi) is 4.86. The van der Waals surface area contributed by atoms with Gasteiger partial charge in [-0.2, -0.15) is 0 Å². The van der Waals surface area contributed by atoms with E-state index in [-0.39, 0.29) is 5.75 Å². The zero-order valence-electron chi connectivity index (χ0n) is 16.0. The molecule has 0 amide bonds. The minimum Gasteiger partial charge on any atom is -0.506 e. The van der Waals surface area contributed by atoms with Crippen LogP contribution in [-0.2, 0) is 4.74 Å². The molecule has 6 nitrogen and oxygen atoms in total. The summed E-state index contributed by atoms with van der Waals surface area (Å²) in [6.45, 7) is 1.92. The van der Waals surface area contributed by atoms with Gasteiger partial charge in [0, 0.05) is 18.7 Å². The van der Waals surface area contributed by atoms with Crippen LogP contribution >= 0.6 is 0 Å². The number of ether oxygens (including phenoxy) is 3. The first-order valence-corrected chi connectivity index (χ1v) is 9.39. The number of hydrogen-bond acceptors (Lipinski definition) is 6. The van der Waals surface area contributed by atoms with Gasteiger partial charge in [0.1, 0.15) is 11.5 Å². The van der Waals surface area contributed by atoms with E-state index < -0.39 is 5.97 Å². The van der Waals surface area contributed by atoms with Crippen molar-refractivity contribution >= 4 is 23.5 Å². The molecule has 146 valence electrons. The van der Waals surface area contributed by atoms with Gasteiger partial charge in [0.05, 0.1) is 25.5 Å². The predicted molar refractivity (Wildman–Crippen MR) is 107 cm³/mol. The number of aromatic hydroxyl groups is 1. The second-order valence-electron chi connectivity index (χ2n) is 6.95. The summed E-state index contributed by atoms with van der Waals surface area (Å²) >= 11 is 0. The Bertz CT molecular complexity index is 944. The van der Waals surface area contributed by atoms with E-state index in [4.69, 9.17) is 14.2 Å². The number of carbonyl (C=O) groups is 1. The fourth-order valence-electron chi connectivity index (χ4n) is 3.75. The minimum atomic E-state index is -0.434. The van der Waals surface area contributed by atoms with Crippen molar-refractivity contribution in [1.82, 2.24) is 0 Å². The van der Waals surface area contributed by atoms with Crippen LogP contribution in [0.25, 0.3) is 11.8 Å². The normalized spacial score (nSPS) is 17.4. The summed E-state index contributed by atoms with van der Waals surface area (Å²) in [4.78, 5) is 14.5. The number of benzene rings is 2. The maximum absolute atomic E-state index is 12.2. The molecule has 0 saturated carbocycles. The summed E-state index contributed by atoms with van der Waals surface area (Å²) in [5, 5.41) is 10.5. The monoisotopic (exact) mass is 381 g/mol. The SMILES string of the molecule is COc1cc2c(cc1OC)/C(=C/c1ccc(N3CCCCC3)c(O)c1)OC2=O. The number of hydrogen-bond donors (Lipinski definition) is 1. The molecule has 1 saturated heterocycles. The van der Waals surface area contributed by atoms with Gasteiger partial charge >= 0.3 is 5.97 Å². The fraction of sp³-hybridized carbons (Fsp3) is 0.318. The number of phenolic OH excluding ortho intramolecular Hbond substituents is 1. The highest BCUT2D eigenvalue weighted by atomic mass is 16.5. The molecule has 1 fully saturated rings. The molecule has 0 atom stereocenters. The van der Waals surface area contributed by atoms with Crippen LogP contribution < -0.4 is 14.4 Å². The fourth-order valence-corrected chi connectivity index (χ4v) is 3.75. The Morgan fingerprint density at radius 3 is 2.32 bits per heavy atom. The summed E-state index contributed by atoms with van der Waals surface area (Å²) in [7, 11) is 3.07. The number of carbonyl (C=O) groups excluding carboxylic acids is 1. The molecule has 2 aliphatic rings. The third-order valence-electron chi connectivity index (χ3n) is 5.21. The third kappa shape index (κ3) is 3.26. The van der Waals surface area contributed by atoms with Crippen molar-refractivity contribution < 1.29 is 24.1 Å². The van der Waals surface area contributed by atoms with Crippen molar-refractivity contribution in [3.8, 4) is 17.2 Å². The van der Waals surface area contributed by atoms with Gasteiger partial charge in [-0.25, -0.2) is 4.79 Å². The van der Waals surface area contributed by atoms with Crippen LogP contribution in [0, 0.1) is 0 Å². The van der Waals surface area contributed by atoms with Crippen LogP contribution in [0.1, 0.15) is 40.7 Å². The van der Waals surface area contributed by atoms with Crippen LogP contribution in [0.2, 0.25) is 0 Å². The van der Waals surface area contributed by atoms with Gasteiger partial charge in [0.15, 0.2) is 11.5 Å². The average Bonchev–Trinajstić information content (AvgIpc) is 3.02. The number of phenols is 1. The topological polar surface area (TPSA) is 68.2 Å². The molecule has 2 aliphatic heterocycles. The maximum atomic E-state index is 12.2. The number of methoxy groups -OCH3 is 2. The number of nitrogens with zero attached hydrogens (tertiary/aromatic N) is 1. The van der Waals surface area contributed by atoms with Gasteiger partial charge in [-0.05, 0) is 55.2 Å². The quantitative estimate of drug-likeness (QED) is 0.806. The Morgan fingerprint density at radius 2 is 1.68 bits per heavy atom. The summed E-state index contributed by atoms with van der Waals surface area (Å²) < 4.78 is 16.0. The van der Waals surface area contributed by atoms with Crippen LogP contribution in [0.5, 0.6) is 17.2 Å². The van der Waals surface area contributed by atoms with E-state index in [1.54, 1.807) is 31.4 Å². The number of piperidine rings is 1. The zero-order chi connectivity index (χ0) is 19.7. The van der Waals surface area contributed by atoms with E-state index in [2.05, 4.69) is 4.90 Å². The molecule has 0 bridgehead atoms. The van der Waals surface area contributed by atoms with Crippen LogP contribution in [0.15, 0.2) is 30.3 Å². The second-order valence-corrected chi connectivity index (χ2v) is 6.95. The zero-order valence-corrected chi connectivity index (χ0v) is 16.0. The summed E-state index contributed by atoms with van der Waals surface area (Å²) in [5.41, 5.74) is 2.67. The summed E-state index contributed by atoms with van der Waals surface area (Å²) in [6.07, 6.45) is 5.27. The molecule has 0 radical (unpaired) electrons. The summed E-state index contributed by atoms with van der Waals surface area (Å²) in [6, 6.07) is 8.88. The molecular weight excluding hydrogens is 358 g/mol. The molecule has 4 rings (SSSR count). The van der Waals surface area contributed by atoms with E-state index in [1.165, 1.54) is 13.5 Å². The first kappa shape index (κ1) is 18.2. The van der Waals surface area contributed by atoms with Crippen molar-refractivity contribution in [3.05, 3.63) is 47.0 Å². The molecule has 2 aromatic carbocycles. The van der Waals surface area contributed by atoms with Crippen LogP contribution in [0.4, 0.5) is 5.69 Å². The van der Waals surface area contributed by atoms with Crippen LogP contribution in [0.3, 0.4) is 0 Å². The van der Waals surface area contributed by atoms with Gasteiger partial charge in [0.25, 0.3) is 0 Å². The van der Waals surface area contributed by atoms with Gasteiger partial charge in [-0.15, -0.1) is 0 Å². The van der Waals surface area contributed by atoms with Gasteiger partial charge < -0.3 is 24.2 Å². The number of cyclic esters (lactones) is 1. The predicted octanol–water partition coefficient (Wildman–Crippen LogP) is 4.07. The Hall–Kier alpha value is -3.15. The largest absolute Gasteiger partial charge is 0.506 e. The highest BCUT2D eigenvalue weighted by Gasteiger charge is 2.29. The smallest absolute Gasteiger partial charge is 0.344 e. The Balaban J connectivity index is 1.67. The van der Waals surface area contributed by atoms with Gasteiger partial charge in [0.2, 0.25) is 0 Å². The van der Waals surface area contributed by atoms with Crippen molar-refractivity contribution in [2.75, 3.05) is 32.2 Å². The Morgan fingerprint density at radius 1 is 1.00 bits per heavy atom. The van der Waals surface area contributed by atoms with Crippen molar-refractivity contribution in [2.24, 2.45) is 0 Å². The molecule has 2 aromatic rings. The molecule has 6 heteroatoms. The maximum Gasteiger partial charge on any atom is 0.344 e. The lowest BCUT2D eigenvalue weighted by atomic mass is 10.0. The highest BCUT2D eigenvalue weighted by Crippen LogP contribution is 2.40. The molecule has 1 N–H and O–H groups in total. The van der Waals surface area contributed by atoms with E-state index in [9.17, 15) is 9.90 Å². The van der Waals surface area contributed by atoms with Crippen molar-refractivity contribution in [1.29, 1.82) is 0 Å². The van der Waals surface area contributed by atoms with E-state index in [0.717, 1.165) is 37.2 Å². The molecule has 0 aliphatic carbocycles. The number of fused-ring (bicyclic) bond motifs is 1. The third-order valence-corrected chi connectivity index (χ3v) is 5.21. The minimum absolute atomic E-state index is 0.230. The van der Waals surface area contributed by atoms with Gasteiger partial charge in [-0.3, -0.25) is 0 Å². The number of anilines is 1. The Labute approximate surface area is 163 Å². The van der Waals surface area contributed by atoms with E-state index >= 15 is 0 Å². The molecule has 0 spiro atoms. The molecular formula is C22H23NO5. The van der Waals surface area contributed by atoms with Crippen LogP contribution in [-0.4, -0.2) is 38.4 Å². The van der Waals surface area contributed by atoms with E-state index in [0.29, 0.717) is 28.4 Å². The van der Waals surface area contributed by atoms with Gasteiger partial charge in [-0.1, -0.05) is 6.07 Å². The first-order chi connectivity index (χ1) is 13.6. The summed E-state index contributed by atoms with van der Waals surface area (Å²) in [5.74, 6) is 1.22. The lowest BCUT2D eigenvalue weighted by molar-refractivity contribution is 0.0717. The second kappa shape index (κ2) is 7.46. The lowest BCUT2D eigenvalue weighted by Crippen LogP contribution is -2.29. The van der Waals surface area contributed by atoms with Crippen molar-refractivity contribution in [2.45, 2.75) is 19.3 Å².